The number of carbonyl (C=O) groups excluding carboxylic acids is 1. The second-order valence-electron chi connectivity index (χ2n) is 6.65. The molecule has 1 saturated heterocycles. The van der Waals surface area contributed by atoms with Crippen molar-refractivity contribution < 1.29 is 4.79 Å². The number of nitrogens with zero attached hydrogens (tertiary/aromatic N) is 5. The van der Waals surface area contributed by atoms with Crippen molar-refractivity contribution >= 4 is 39.3 Å². The van der Waals surface area contributed by atoms with Crippen LogP contribution in [0.5, 0.6) is 0 Å². The van der Waals surface area contributed by atoms with E-state index in [0.29, 0.717) is 18.7 Å². The molecule has 2 aromatic heterocycles. The van der Waals surface area contributed by atoms with Gasteiger partial charge in [-0.3, -0.25) is 4.79 Å². The fourth-order valence-corrected chi connectivity index (χ4v) is 3.39. The Morgan fingerprint density at radius 2 is 1.88 bits per heavy atom. The quantitative estimate of drug-likeness (QED) is 0.684. The molecule has 0 spiro atoms. The van der Waals surface area contributed by atoms with Gasteiger partial charge in [0.15, 0.2) is 0 Å². The van der Waals surface area contributed by atoms with Gasteiger partial charge in [0, 0.05) is 54.5 Å². The number of piperazine rings is 1. The van der Waals surface area contributed by atoms with Gasteiger partial charge in [-0.2, -0.15) is 0 Å². The summed E-state index contributed by atoms with van der Waals surface area (Å²) in [5.41, 5.74) is 1.39. The van der Waals surface area contributed by atoms with Gasteiger partial charge in [0.1, 0.15) is 16.8 Å². The Hall–Kier alpha value is -1.73. The van der Waals surface area contributed by atoms with Gasteiger partial charge in [-0.05, 0) is 28.9 Å². The molecule has 138 valence electrons. The molecule has 8 heteroatoms. The second kappa shape index (κ2) is 7.88. The highest BCUT2D eigenvalue weighted by Crippen LogP contribution is 2.22. The molecule has 0 unspecified atom stereocenters. The summed E-state index contributed by atoms with van der Waals surface area (Å²) in [4.78, 5) is 30.0. The van der Waals surface area contributed by atoms with E-state index in [-0.39, 0.29) is 17.0 Å². The number of amides is 1. The molecule has 0 aliphatic carbocycles. The minimum atomic E-state index is -0.0924. The topological polar surface area (TPSA) is 62.2 Å². The van der Waals surface area contributed by atoms with Crippen LogP contribution in [0, 0.1) is 6.92 Å². The maximum Gasteiger partial charge on any atom is 0.257 e. The van der Waals surface area contributed by atoms with Crippen molar-refractivity contribution in [3.63, 3.8) is 0 Å². The van der Waals surface area contributed by atoms with Crippen LogP contribution in [0.25, 0.3) is 0 Å². The Morgan fingerprint density at radius 3 is 2.54 bits per heavy atom. The average Bonchev–Trinajstić information content (AvgIpc) is 2.62. The van der Waals surface area contributed by atoms with Crippen molar-refractivity contribution in [1.29, 1.82) is 0 Å². The van der Waals surface area contributed by atoms with Crippen molar-refractivity contribution in [2.45, 2.75) is 26.7 Å². The summed E-state index contributed by atoms with van der Waals surface area (Å²) in [5, 5.41) is 0.230. The summed E-state index contributed by atoms with van der Waals surface area (Å²) in [6, 6.07) is 3.71. The van der Waals surface area contributed by atoms with Crippen LogP contribution in [0.15, 0.2) is 22.8 Å². The van der Waals surface area contributed by atoms with Gasteiger partial charge < -0.3 is 9.80 Å². The normalized spacial score (nSPS) is 14.8. The molecular weight excluding hydrogens is 418 g/mol. The Bertz CT molecular complexity index is 821. The number of aryl methyl sites for hydroxylation is 1. The van der Waals surface area contributed by atoms with Crippen molar-refractivity contribution in [1.82, 2.24) is 19.9 Å². The third-order valence-corrected chi connectivity index (χ3v) is 5.04. The zero-order valence-corrected chi connectivity index (χ0v) is 17.4. The third-order valence-electron chi connectivity index (χ3n) is 4.30. The van der Waals surface area contributed by atoms with Crippen LogP contribution in [0.3, 0.4) is 0 Å². The van der Waals surface area contributed by atoms with Crippen LogP contribution in [-0.2, 0) is 0 Å². The molecule has 26 heavy (non-hydrogen) atoms. The molecule has 3 heterocycles. The van der Waals surface area contributed by atoms with E-state index in [1.807, 2.05) is 17.9 Å². The first-order valence-electron chi connectivity index (χ1n) is 8.56. The molecule has 0 atom stereocenters. The first-order chi connectivity index (χ1) is 12.3. The van der Waals surface area contributed by atoms with E-state index in [9.17, 15) is 4.79 Å². The number of anilines is 1. The lowest BCUT2D eigenvalue weighted by molar-refractivity contribution is 0.0746. The SMILES string of the molecule is Cc1cc(N2CCN(C(=O)c3cc(Br)cnc3Cl)CC2)nc(C(C)C)n1. The molecule has 0 saturated carbocycles. The lowest BCUT2D eigenvalue weighted by Gasteiger charge is -2.35. The molecule has 1 aliphatic rings. The van der Waals surface area contributed by atoms with E-state index in [1.165, 1.54) is 0 Å². The largest absolute Gasteiger partial charge is 0.353 e. The molecule has 2 aromatic rings. The van der Waals surface area contributed by atoms with Gasteiger partial charge in [0.2, 0.25) is 0 Å². The zero-order chi connectivity index (χ0) is 18.8. The molecule has 1 aliphatic heterocycles. The minimum absolute atomic E-state index is 0.0924. The van der Waals surface area contributed by atoms with Gasteiger partial charge in [-0.15, -0.1) is 0 Å². The van der Waals surface area contributed by atoms with E-state index < -0.39 is 0 Å². The third kappa shape index (κ3) is 4.15. The molecule has 0 bridgehead atoms. The Morgan fingerprint density at radius 1 is 1.19 bits per heavy atom. The molecule has 0 N–H and O–H groups in total. The number of aromatic nitrogens is 3. The van der Waals surface area contributed by atoms with Crippen molar-refractivity contribution in [3.05, 3.63) is 45.0 Å². The van der Waals surface area contributed by atoms with E-state index in [4.69, 9.17) is 11.6 Å². The lowest BCUT2D eigenvalue weighted by Crippen LogP contribution is -2.49. The zero-order valence-electron chi connectivity index (χ0n) is 15.0. The number of rotatable bonds is 3. The highest BCUT2D eigenvalue weighted by molar-refractivity contribution is 9.10. The number of pyridine rings is 1. The van der Waals surface area contributed by atoms with Crippen molar-refractivity contribution in [2.75, 3.05) is 31.1 Å². The van der Waals surface area contributed by atoms with Gasteiger partial charge in [-0.1, -0.05) is 25.4 Å². The Balaban J connectivity index is 1.71. The van der Waals surface area contributed by atoms with Crippen LogP contribution < -0.4 is 4.90 Å². The van der Waals surface area contributed by atoms with E-state index in [0.717, 1.165) is 34.9 Å². The van der Waals surface area contributed by atoms with Crippen LogP contribution in [0.1, 0.15) is 41.6 Å². The molecule has 1 fully saturated rings. The van der Waals surface area contributed by atoms with E-state index in [1.54, 1.807) is 12.3 Å². The number of halogens is 2. The maximum atomic E-state index is 12.8. The number of carbonyl (C=O) groups is 1. The fourth-order valence-electron chi connectivity index (χ4n) is 2.88. The molecule has 6 nitrogen and oxygen atoms in total. The summed E-state index contributed by atoms with van der Waals surface area (Å²) in [6.07, 6.45) is 1.58. The highest BCUT2D eigenvalue weighted by Gasteiger charge is 2.25. The summed E-state index contributed by atoms with van der Waals surface area (Å²) in [5.74, 6) is 1.97. The van der Waals surface area contributed by atoms with E-state index >= 15 is 0 Å². The second-order valence-corrected chi connectivity index (χ2v) is 7.93. The standard InChI is InChI=1S/C18H21BrClN5O/c1-11(2)17-22-12(3)8-15(23-17)24-4-6-25(7-5-24)18(26)14-9-13(19)10-21-16(14)20/h8-11H,4-7H2,1-3H3. The first-order valence-corrected chi connectivity index (χ1v) is 9.73. The summed E-state index contributed by atoms with van der Waals surface area (Å²) < 4.78 is 0.738. The molecular formula is C18H21BrClN5O. The smallest absolute Gasteiger partial charge is 0.257 e. The first kappa shape index (κ1) is 19.0. The molecule has 0 aromatic carbocycles. The minimum Gasteiger partial charge on any atom is -0.353 e. The Labute approximate surface area is 166 Å². The predicted octanol–water partition coefficient (Wildman–Crippen LogP) is 3.68. The van der Waals surface area contributed by atoms with Gasteiger partial charge >= 0.3 is 0 Å². The Kier molecular flexibility index (Phi) is 5.77. The summed E-state index contributed by atoms with van der Waals surface area (Å²) in [7, 11) is 0. The summed E-state index contributed by atoms with van der Waals surface area (Å²) >= 11 is 9.43. The predicted molar refractivity (Wildman–Crippen MR) is 106 cm³/mol. The van der Waals surface area contributed by atoms with Gasteiger partial charge in [-0.25, -0.2) is 15.0 Å². The van der Waals surface area contributed by atoms with Crippen LogP contribution in [-0.4, -0.2) is 51.9 Å². The molecule has 3 rings (SSSR count). The van der Waals surface area contributed by atoms with E-state index in [2.05, 4.69) is 49.6 Å². The fraction of sp³-hybridized carbons (Fsp3) is 0.444. The number of hydrogen-bond acceptors (Lipinski definition) is 5. The van der Waals surface area contributed by atoms with Crippen LogP contribution >= 0.6 is 27.5 Å². The summed E-state index contributed by atoms with van der Waals surface area (Å²) in [6.45, 7) is 8.83. The van der Waals surface area contributed by atoms with Gasteiger partial charge in [0.25, 0.3) is 5.91 Å². The average molecular weight is 439 g/mol. The highest BCUT2D eigenvalue weighted by atomic mass is 79.9. The van der Waals surface area contributed by atoms with Crippen LogP contribution in [0.4, 0.5) is 5.82 Å². The van der Waals surface area contributed by atoms with Crippen LogP contribution in [0.2, 0.25) is 5.15 Å². The number of hydrogen-bond donors (Lipinski definition) is 0. The molecule has 1 amide bonds. The van der Waals surface area contributed by atoms with Crippen molar-refractivity contribution in [2.24, 2.45) is 0 Å². The monoisotopic (exact) mass is 437 g/mol. The van der Waals surface area contributed by atoms with Crippen molar-refractivity contribution in [3.8, 4) is 0 Å². The molecule has 0 radical (unpaired) electrons. The lowest BCUT2D eigenvalue weighted by atomic mass is 10.2. The van der Waals surface area contributed by atoms with Gasteiger partial charge in [0.05, 0.1) is 5.56 Å². The maximum absolute atomic E-state index is 12.8.